The zero-order valence-corrected chi connectivity index (χ0v) is 14.8. The number of aromatic nitrogens is 1. The Morgan fingerprint density at radius 1 is 1.04 bits per heavy atom. The second-order valence-corrected chi connectivity index (χ2v) is 7.33. The van der Waals surface area contributed by atoms with Gasteiger partial charge in [0.25, 0.3) is 0 Å². The number of hydrogen-bond acceptors (Lipinski definition) is 4. The van der Waals surface area contributed by atoms with Crippen LogP contribution < -0.4 is 5.32 Å². The fraction of sp³-hybridized carbons (Fsp3) is 0.353. The first kappa shape index (κ1) is 17.4. The van der Waals surface area contributed by atoms with Crippen molar-refractivity contribution in [1.29, 1.82) is 0 Å². The van der Waals surface area contributed by atoms with E-state index in [1.165, 1.54) is 21.6 Å². The summed E-state index contributed by atoms with van der Waals surface area (Å²) in [5.74, 6) is 0.617. The van der Waals surface area contributed by atoms with Gasteiger partial charge in [-0.1, -0.05) is 19.9 Å². The van der Waals surface area contributed by atoms with Gasteiger partial charge in [-0.3, -0.25) is 0 Å². The Morgan fingerprint density at radius 3 is 2.26 bits per heavy atom. The van der Waals surface area contributed by atoms with Crippen molar-refractivity contribution in [3.05, 3.63) is 47.7 Å². The highest BCUT2D eigenvalue weighted by Gasteiger charge is 2.21. The maximum atomic E-state index is 12.4. The first-order valence-electron chi connectivity index (χ1n) is 7.69. The van der Waals surface area contributed by atoms with E-state index in [0.29, 0.717) is 18.9 Å². The Bertz CT molecular complexity index is 767. The Labute approximate surface area is 138 Å². The largest absolute Gasteiger partial charge is 0.340 e. The van der Waals surface area contributed by atoms with Gasteiger partial charge in [-0.05, 0) is 49.2 Å². The monoisotopic (exact) mass is 333 g/mol. The van der Waals surface area contributed by atoms with E-state index in [9.17, 15) is 8.42 Å². The Hall–Kier alpha value is -1.92. The summed E-state index contributed by atoms with van der Waals surface area (Å²) in [7, 11) is -3.46. The van der Waals surface area contributed by atoms with Crippen LogP contribution in [0.1, 0.15) is 25.0 Å². The Morgan fingerprint density at radius 2 is 1.74 bits per heavy atom. The fourth-order valence-corrected chi connectivity index (χ4v) is 3.69. The number of nitrogens with one attached hydrogen (secondary N) is 1. The zero-order valence-electron chi connectivity index (χ0n) is 14.0. The molecule has 1 N–H and O–H groups in total. The third-order valence-electron chi connectivity index (χ3n) is 3.86. The zero-order chi connectivity index (χ0) is 17.0. The van der Waals surface area contributed by atoms with Crippen LogP contribution in [0.5, 0.6) is 0 Å². The molecule has 6 heteroatoms. The Balaban J connectivity index is 2.21. The van der Waals surface area contributed by atoms with Crippen molar-refractivity contribution in [2.75, 3.05) is 18.4 Å². The molecular formula is C17H23N3O2S. The number of benzene rings is 1. The highest BCUT2D eigenvalue weighted by Crippen LogP contribution is 2.20. The van der Waals surface area contributed by atoms with Crippen molar-refractivity contribution in [2.45, 2.75) is 32.6 Å². The van der Waals surface area contributed by atoms with Gasteiger partial charge in [-0.15, -0.1) is 0 Å². The summed E-state index contributed by atoms with van der Waals surface area (Å²) in [6.07, 6.45) is 1.40. The lowest BCUT2D eigenvalue weighted by Crippen LogP contribution is -2.30. The molecule has 0 bridgehead atoms. The molecule has 1 aromatic heterocycles. The minimum absolute atomic E-state index is 0.215. The van der Waals surface area contributed by atoms with Gasteiger partial charge < -0.3 is 5.32 Å². The van der Waals surface area contributed by atoms with Crippen LogP contribution in [0.15, 0.2) is 41.4 Å². The first-order chi connectivity index (χ1) is 10.9. The second kappa shape index (κ2) is 7.10. The van der Waals surface area contributed by atoms with Crippen molar-refractivity contribution >= 4 is 21.5 Å². The van der Waals surface area contributed by atoms with Crippen molar-refractivity contribution in [3.63, 3.8) is 0 Å². The maximum absolute atomic E-state index is 12.4. The summed E-state index contributed by atoms with van der Waals surface area (Å²) in [6, 6.07) is 9.33. The molecule has 1 aromatic carbocycles. The SMILES string of the molecule is CCN(CC)S(=O)(=O)c1ccc(Nc2ccc(C)c(C)c2)nc1. The van der Waals surface area contributed by atoms with E-state index in [4.69, 9.17) is 0 Å². The summed E-state index contributed by atoms with van der Waals surface area (Å²) < 4.78 is 26.2. The first-order valence-corrected chi connectivity index (χ1v) is 9.13. The van der Waals surface area contributed by atoms with Gasteiger partial charge in [-0.2, -0.15) is 4.31 Å². The fourth-order valence-electron chi connectivity index (χ4n) is 2.29. The van der Waals surface area contributed by atoms with E-state index in [1.807, 2.05) is 39.0 Å². The van der Waals surface area contributed by atoms with Crippen LogP contribution in [0.25, 0.3) is 0 Å². The molecule has 23 heavy (non-hydrogen) atoms. The summed E-state index contributed by atoms with van der Waals surface area (Å²) in [5, 5.41) is 3.19. The van der Waals surface area contributed by atoms with E-state index < -0.39 is 10.0 Å². The molecule has 1 heterocycles. The number of hydrogen-bond donors (Lipinski definition) is 1. The van der Waals surface area contributed by atoms with Crippen molar-refractivity contribution in [3.8, 4) is 0 Å². The quantitative estimate of drug-likeness (QED) is 0.879. The molecule has 0 fully saturated rings. The van der Waals surface area contributed by atoms with E-state index >= 15 is 0 Å². The van der Waals surface area contributed by atoms with Gasteiger partial charge >= 0.3 is 0 Å². The Kier molecular flexibility index (Phi) is 5.38. The number of pyridine rings is 1. The molecule has 5 nitrogen and oxygen atoms in total. The molecule has 2 rings (SSSR count). The molecule has 0 atom stereocenters. The van der Waals surface area contributed by atoms with E-state index in [0.717, 1.165) is 5.69 Å². The van der Waals surface area contributed by atoms with Crippen molar-refractivity contribution in [2.24, 2.45) is 0 Å². The van der Waals surface area contributed by atoms with Crippen molar-refractivity contribution < 1.29 is 8.42 Å². The number of rotatable bonds is 6. The smallest absolute Gasteiger partial charge is 0.244 e. The highest BCUT2D eigenvalue weighted by molar-refractivity contribution is 7.89. The second-order valence-electron chi connectivity index (χ2n) is 5.39. The average Bonchev–Trinajstić information content (AvgIpc) is 2.52. The van der Waals surface area contributed by atoms with E-state index in [1.54, 1.807) is 12.1 Å². The lowest BCUT2D eigenvalue weighted by atomic mass is 10.1. The summed E-state index contributed by atoms with van der Waals surface area (Å²) in [4.78, 5) is 4.44. The molecule has 0 radical (unpaired) electrons. The van der Waals surface area contributed by atoms with Gasteiger partial charge in [-0.25, -0.2) is 13.4 Å². The topological polar surface area (TPSA) is 62.3 Å². The summed E-state index contributed by atoms with van der Waals surface area (Å²) >= 11 is 0. The third kappa shape index (κ3) is 3.89. The molecule has 0 aliphatic rings. The molecule has 0 aliphatic carbocycles. The highest BCUT2D eigenvalue weighted by atomic mass is 32.2. The lowest BCUT2D eigenvalue weighted by molar-refractivity contribution is 0.445. The number of nitrogens with zero attached hydrogens (tertiary/aromatic N) is 2. The van der Waals surface area contributed by atoms with Gasteiger partial charge in [0.2, 0.25) is 10.0 Å². The van der Waals surface area contributed by atoms with E-state index in [2.05, 4.69) is 17.2 Å². The maximum Gasteiger partial charge on any atom is 0.244 e. The molecule has 0 amide bonds. The minimum Gasteiger partial charge on any atom is -0.340 e. The third-order valence-corrected chi connectivity index (χ3v) is 5.89. The summed E-state index contributed by atoms with van der Waals surface area (Å²) in [6.45, 7) is 8.65. The normalized spacial score (nSPS) is 11.7. The minimum atomic E-state index is -3.46. The molecule has 0 saturated heterocycles. The van der Waals surface area contributed by atoms with Crippen LogP contribution in [-0.2, 0) is 10.0 Å². The van der Waals surface area contributed by atoms with Crippen molar-refractivity contribution in [1.82, 2.24) is 9.29 Å². The molecule has 0 spiro atoms. The molecular weight excluding hydrogens is 310 g/mol. The van der Waals surface area contributed by atoms with Crippen LogP contribution in [0, 0.1) is 13.8 Å². The van der Waals surface area contributed by atoms with Gasteiger partial charge in [0.05, 0.1) is 0 Å². The molecule has 0 aliphatic heterocycles. The molecule has 2 aromatic rings. The van der Waals surface area contributed by atoms with Crippen LogP contribution >= 0.6 is 0 Å². The average molecular weight is 333 g/mol. The lowest BCUT2D eigenvalue weighted by Gasteiger charge is -2.18. The van der Waals surface area contributed by atoms with Crippen LogP contribution in [0.2, 0.25) is 0 Å². The number of sulfonamides is 1. The van der Waals surface area contributed by atoms with E-state index in [-0.39, 0.29) is 4.90 Å². The number of aryl methyl sites for hydroxylation is 2. The van der Waals surface area contributed by atoms with Crippen LogP contribution in [-0.4, -0.2) is 30.8 Å². The molecule has 0 saturated carbocycles. The van der Waals surface area contributed by atoms with Gasteiger partial charge in [0, 0.05) is 25.0 Å². The predicted octanol–water partition coefficient (Wildman–Crippen LogP) is 3.47. The van der Waals surface area contributed by atoms with Crippen LogP contribution in [0.4, 0.5) is 11.5 Å². The predicted molar refractivity (Wildman–Crippen MR) is 93.5 cm³/mol. The molecule has 0 unspecified atom stereocenters. The van der Waals surface area contributed by atoms with Gasteiger partial charge in [0.1, 0.15) is 10.7 Å². The van der Waals surface area contributed by atoms with Gasteiger partial charge in [0.15, 0.2) is 0 Å². The number of anilines is 2. The standard InChI is InChI=1S/C17H23N3O2S/c1-5-20(6-2)23(21,22)16-9-10-17(18-12-16)19-15-8-7-13(3)14(4)11-15/h7-12H,5-6H2,1-4H3,(H,18,19). The van der Waals surface area contributed by atoms with Crippen LogP contribution in [0.3, 0.4) is 0 Å². The summed E-state index contributed by atoms with van der Waals surface area (Å²) in [5.41, 5.74) is 3.35. The molecule has 124 valence electrons.